The second-order valence-electron chi connectivity index (χ2n) is 10.4. The fourth-order valence-electron chi connectivity index (χ4n) is 5.37. The molecule has 0 aliphatic carbocycles. The Labute approximate surface area is 251 Å². The Morgan fingerprint density at radius 1 is 0.651 bits per heavy atom. The first-order valence-electron chi connectivity index (χ1n) is 14.7. The van der Waals surface area contributed by atoms with E-state index in [4.69, 9.17) is 14.5 Å². The zero-order chi connectivity index (χ0) is 29.3. The van der Waals surface area contributed by atoms with Crippen LogP contribution in [0, 0.1) is 5.95 Å². The maximum atomic E-state index is 13.0. The molecule has 0 radical (unpaired) electrons. The van der Waals surface area contributed by atoms with Crippen molar-refractivity contribution in [1.82, 2.24) is 15.3 Å². The number of morpholine rings is 2. The van der Waals surface area contributed by atoms with Crippen molar-refractivity contribution >= 4 is 17.2 Å². The van der Waals surface area contributed by atoms with Gasteiger partial charge in [-0.25, -0.2) is 9.97 Å². The van der Waals surface area contributed by atoms with Crippen LogP contribution in [0.15, 0.2) is 95.2 Å². The Balaban J connectivity index is 0.000000132. The molecule has 0 amide bonds. The highest BCUT2D eigenvalue weighted by molar-refractivity contribution is 6.15. The molecule has 0 atom stereocenters. The van der Waals surface area contributed by atoms with Gasteiger partial charge in [-0.05, 0) is 29.3 Å². The van der Waals surface area contributed by atoms with Crippen molar-refractivity contribution in [2.24, 2.45) is 9.98 Å². The number of halogens is 1. The summed E-state index contributed by atoms with van der Waals surface area (Å²) in [5.41, 5.74) is 8.71. The van der Waals surface area contributed by atoms with Crippen LogP contribution in [0.5, 0.6) is 0 Å². The number of anilines is 1. The molecular weight excluding hydrogens is 543 g/mol. The quantitative estimate of drug-likeness (QED) is 0.362. The summed E-state index contributed by atoms with van der Waals surface area (Å²) < 4.78 is 23.4. The number of pyridine rings is 2. The first-order valence-corrected chi connectivity index (χ1v) is 14.7. The van der Waals surface area contributed by atoms with Crippen molar-refractivity contribution in [2.75, 3.05) is 57.5 Å². The molecular formula is C34H35FN6O2. The summed E-state index contributed by atoms with van der Waals surface area (Å²) in [7, 11) is 0. The standard InChI is InChI=1S/C17H17N3O.C13H9FN2.C4H9NO/c1-2-4-15-14(3-1)12-19-17(15)13-5-6-18-16(11-13)20-7-9-21-10-8-20;14-12-7-9(5-6-15-12)13-11-4-2-1-3-10(11)8-16-13;1-3-6-4-2-5-1/h1-6,11H,7-10,12H2;1-7H,8H2;5H,1-4H2. The van der Waals surface area contributed by atoms with Crippen molar-refractivity contribution in [2.45, 2.75) is 13.1 Å². The van der Waals surface area contributed by atoms with Gasteiger partial charge in [-0.1, -0.05) is 48.5 Å². The van der Waals surface area contributed by atoms with E-state index in [9.17, 15) is 4.39 Å². The van der Waals surface area contributed by atoms with E-state index in [2.05, 4.69) is 55.5 Å². The van der Waals surface area contributed by atoms with E-state index in [1.54, 1.807) is 6.07 Å². The van der Waals surface area contributed by atoms with Crippen molar-refractivity contribution in [3.05, 3.63) is 125 Å². The Morgan fingerprint density at radius 3 is 1.77 bits per heavy atom. The molecule has 4 aromatic rings. The van der Waals surface area contributed by atoms with Crippen molar-refractivity contribution in [3.8, 4) is 0 Å². The van der Waals surface area contributed by atoms with Crippen LogP contribution in [0.1, 0.15) is 33.4 Å². The minimum absolute atomic E-state index is 0.468. The Bertz CT molecular complexity index is 1590. The van der Waals surface area contributed by atoms with Crippen LogP contribution in [0.4, 0.5) is 10.2 Å². The summed E-state index contributed by atoms with van der Waals surface area (Å²) in [4.78, 5) is 19.5. The van der Waals surface area contributed by atoms with Crippen LogP contribution in [0.3, 0.4) is 0 Å². The molecule has 2 saturated heterocycles. The molecule has 2 fully saturated rings. The van der Waals surface area contributed by atoms with Gasteiger partial charge >= 0.3 is 0 Å². The monoisotopic (exact) mass is 578 g/mol. The van der Waals surface area contributed by atoms with Crippen LogP contribution < -0.4 is 10.2 Å². The average Bonchev–Trinajstić information content (AvgIpc) is 3.72. The Hall–Kier alpha value is -4.31. The molecule has 4 aliphatic heterocycles. The highest BCUT2D eigenvalue weighted by Gasteiger charge is 2.19. The molecule has 8 nitrogen and oxygen atoms in total. The van der Waals surface area contributed by atoms with Gasteiger partial charge in [-0.2, -0.15) is 4.39 Å². The second-order valence-corrected chi connectivity index (χ2v) is 10.4. The number of hydrogen-bond donors (Lipinski definition) is 1. The van der Waals surface area contributed by atoms with Gasteiger partial charge in [0.2, 0.25) is 5.95 Å². The molecule has 4 aliphatic rings. The van der Waals surface area contributed by atoms with E-state index in [1.165, 1.54) is 29.0 Å². The van der Waals surface area contributed by atoms with E-state index in [-0.39, 0.29) is 0 Å². The van der Waals surface area contributed by atoms with Crippen LogP contribution in [-0.2, 0) is 22.6 Å². The summed E-state index contributed by atoms with van der Waals surface area (Å²) in [6.07, 6.45) is 3.34. The van der Waals surface area contributed by atoms with Gasteiger partial charge in [-0.15, -0.1) is 0 Å². The third kappa shape index (κ3) is 7.19. The number of nitrogens with zero attached hydrogens (tertiary/aromatic N) is 5. The predicted octanol–water partition coefficient (Wildman–Crippen LogP) is 4.45. The first-order chi connectivity index (χ1) is 21.3. The maximum Gasteiger partial charge on any atom is 0.213 e. The Kier molecular flexibility index (Phi) is 9.54. The maximum absolute atomic E-state index is 13.0. The van der Waals surface area contributed by atoms with Crippen molar-refractivity contribution in [1.29, 1.82) is 0 Å². The number of fused-ring (bicyclic) bond motifs is 2. The van der Waals surface area contributed by atoms with Gasteiger partial charge in [0.1, 0.15) is 5.82 Å². The zero-order valence-corrected chi connectivity index (χ0v) is 24.1. The molecule has 0 saturated carbocycles. The molecule has 6 heterocycles. The van der Waals surface area contributed by atoms with Crippen LogP contribution >= 0.6 is 0 Å². The smallest absolute Gasteiger partial charge is 0.213 e. The highest BCUT2D eigenvalue weighted by Crippen LogP contribution is 2.25. The van der Waals surface area contributed by atoms with Gasteiger partial charge in [-0.3, -0.25) is 9.98 Å². The summed E-state index contributed by atoms with van der Waals surface area (Å²) in [5, 5.41) is 3.16. The molecule has 2 aromatic heterocycles. The molecule has 9 heteroatoms. The molecule has 8 rings (SSSR count). The molecule has 0 unspecified atom stereocenters. The first kappa shape index (κ1) is 28.8. The fourth-order valence-corrected chi connectivity index (χ4v) is 5.37. The van der Waals surface area contributed by atoms with Gasteiger partial charge in [0.25, 0.3) is 0 Å². The van der Waals surface area contributed by atoms with Gasteiger partial charge in [0.05, 0.1) is 50.9 Å². The van der Waals surface area contributed by atoms with Crippen molar-refractivity contribution < 1.29 is 13.9 Å². The SMILES string of the molecule is C1COCCN1.Fc1cc(C2=NCc3ccccc32)ccn1.c1ccc2c(c1)CN=C2c1ccnc(N2CCOCC2)c1. The summed E-state index contributed by atoms with van der Waals surface area (Å²) in [6.45, 7) is 8.64. The lowest BCUT2D eigenvalue weighted by atomic mass is 10.0. The van der Waals surface area contributed by atoms with E-state index in [0.717, 1.165) is 93.1 Å². The molecule has 43 heavy (non-hydrogen) atoms. The fraction of sp³-hybridized carbons (Fsp3) is 0.294. The topological polar surface area (TPSA) is 84.2 Å². The summed E-state index contributed by atoms with van der Waals surface area (Å²) >= 11 is 0. The summed E-state index contributed by atoms with van der Waals surface area (Å²) in [6, 6.07) is 23.9. The third-order valence-corrected chi connectivity index (χ3v) is 7.56. The number of benzene rings is 2. The summed E-state index contributed by atoms with van der Waals surface area (Å²) in [5.74, 6) is 0.549. The molecule has 1 N–H and O–H groups in total. The van der Waals surface area contributed by atoms with Crippen LogP contribution in [0.25, 0.3) is 0 Å². The number of ether oxygens (including phenoxy) is 2. The zero-order valence-electron chi connectivity index (χ0n) is 24.1. The molecule has 0 spiro atoms. The van der Waals surface area contributed by atoms with Crippen LogP contribution in [0.2, 0.25) is 0 Å². The van der Waals surface area contributed by atoms with E-state index >= 15 is 0 Å². The number of aromatic nitrogens is 2. The van der Waals surface area contributed by atoms with Crippen LogP contribution in [-0.4, -0.2) is 74.0 Å². The minimum Gasteiger partial charge on any atom is -0.379 e. The number of hydrogen-bond acceptors (Lipinski definition) is 8. The largest absolute Gasteiger partial charge is 0.379 e. The lowest BCUT2D eigenvalue weighted by Crippen LogP contribution is -2.36. The van der Waals surface area contributed by atoms with E-state index in [0.29, 0.717) is 6.54 Å². The van der Waals surface area contributed by atoms with Gasteiger partial charge in [0.15, 0.2) is 0 Å². The minimum atomic E-state index is -0.468. The van der Waals surface area contributed by atoms with Gasteiger partial charge < -0.3 is 19.7 Å². The number of aliphatic imine (C=N–C) groups is 2. The molecule has 220 valence electrons. The normalized spacial score (nSPS) is 16.9. The molecule has 0 bridgehead atoms. The lowest BCUT2D eigenvalue weighted by Gasteiger charge is -2.28. The number of nitrogens with one attached hydrogen (secondary N) is 1. The van der Waals surface area contributed by atoms with E-state index in [1.807, 2.05) is 36.5 Å². The number of rotatable bonds is 3. The Morgan fingerprint density at radius 2 is 1.21 bits per heavy atom. The predicted molar refractivity (Wildman–Crippen MR) is 167 cm³/mol. The third-order valence-electron chi connectivity index (χ3n) is 7.56. The van der Waals surface area contributed by atoms with Gasteiger partial charge in [0, 0.05) is 66.9 Å². The average molecular weight is 579 g/mol. The second kappa shape index (κ2) is 14.2. The lowest BCUT2D eigenvalue weighted by molar-refractivity contribution is 0.109. The van der Waals surface area contributed by atoms with Crippen molar-refractivity contribution in [3.63, 3.8) is 0 Å². The highest BCUT2D eigenvalue weighted by atomic mass is 19.1. The molecule has 2 aromatic carbocycles. The van der Waals surface area contributed by atoms with E-state index < -0.39 is 5.95 Å².